The summed E-state index contributed by atoms with van der Waals surface area (Å²) in [5.74, 6) is 0.685. The van der Waals surface area contributed by atoms with Crippen LogP contribution in [0, 0.1) is 18.8 Å². The van der Waals surface area contributed by atoms with Gasteiger partial charge in [-0.1, -0.05) is 44.4 Å². The summed E-state index contributed by atoms with van der Waals surface area (Å²) in [5.41, 5.74) is 0.851. The molecule has 1 aromatic rings. The average molecular weight is 398 g/mol. The SMILES string of the molecule is [CH2]CCCCCOC(=O)/C=C/c1ccc(OC(=O)C2CCC(CC=C)CC2)cc1. The predicted molar refractivity (Wildman–Crippen MR) is 116 cm³/mol. The van der Waals surface area contributed by atoms with E-state index in [0.29, 0.717) is 18.3 Å². The number of carbonyl (C=O) groups is 2. The molecule has 0 amide bonds. The largest absolute Gasteiger partial charge is 0.463 e. The Morgan fingerprint density at radius 1 is 1.03 bits per heavy atom. The van der Waals surface area contributed by atoms with E-state index in [2.05, 4.69) is 13.5 Å². The Kier molecular flexibility index (Phi) is 10.3. The molecule has 0 N–H and O–H groups in total. The van der Waals surface area contributed by atoms with Crippen LogP contribution in [0.2, 0.25) is 0 Å². The summed E-state index contributed by atoms with van der Waals surface area (Å²) in [7, 11) is 0. The van der Waals surface area contributed by atoms with Gasteiger partial charge < -0.3 is 9.47 Å². The third-order valence-corrected chi connectivity index (χ3v) is 5.33. The first-order chi connectivity index (χ1) is 14.1. The van der Waals surface area contributed by atoms with E-state index in [9.17, 15) is 9.59 Å². The number of hydrogen-bond acceptors (Lipinski definition) is 4. The number of benzene rings is 1. The van der Waals surface area contributed by atoms with Gasteiger partial charge in [-0.25, -0.2) is 4.79 Å². The zero-order valence-corrected chi connectivity index (χ0v) is 17.3. The molecule has 4 nitrogen and oxygen atoms in total. The van der Waals surface area contributed by atoms with Gasteiger partial charge in [-0.2, -0.15) is 0 Å². The standard InChI is InChI=1S/C25H33O4/c1-3-5-6-7-19-28-24(26)18-13-21-11-16-23(17-12-21)29-25(27)22-14-9-20(8-4-2)10-15-22/h4,11-13,16-18,20,22H,1-3,5-10,14-15,19H2/b18-13+. The molecule has 0 heterocycles. The number of unbranched alkanes of at least 4 members (excludes halogenated alkanes) is 3. The van der Waals surface area contributed by atoms with Gasteiger partial charge >= 0.3 is 11.9 Å². The Morgan fingerprint density at radius 3 is 2.41 bits per heavy atom. The van der Waals surface area contributed by atoms with Crippen molar-refractivity contribution >= 4 is 18.0 Å². The lowest BCUT2D eigenvalue weighted by Gasteiger charge is -2.26. The van der Waals surface area contributed by atoms with Gasteiger partial charge in [0.2, 0.25) is 0 Å². The van der Waals surface area contributed by atoms with Crippen molar-refractivity contribution in [1.82, 2.24) is 0 Å². The van der Waals surface area contributed by atoms with E-state index >= 15 is 0 Å². The van der Waals surface area contributed by atoms with E-state index in [1.165, 1.54) is 6.08 Å². The molecular formula is C25H33O4. The van der Waals surface area contributed by atoms with Crippen LogP contribution in [0.3, 0.4) is 0 Å². The van der Waals surface area contributed by atoms with Crippen molar-refractivity contribution < 1.29 is 19.1 Å². The molecule has 0 saturated heterocycles. The van der Waals surface area contributed by atoms with Crippen LogP contribution in [-0.4, -0.2) is 18.5 Å². The highest BCUT2D eigenvalue weighted by Crippen LogP contribution is 2.32. The Labute approximate surface area is 175 Å². The summed E-state index contributed by atoms with van der Waals surface area (Å²) in [6.45, 7) is 8.02. The van der Waals surface area contributed by atoms with E-state index in [4.69, 9.17) is 9.47 Å². The maximum absolute atomic E-state index is 12.4. The highest BCUT2D eigenvalue weighted by atomic mass is 16.5. The lowest BCUT2D eigenvalue weighted by atomic mass is 9.80. The molecule has 1 fully saturated rings. The van der Waals surface area contributed by atoms with Crippen molar-refractivity contribution in [2.45, 2.75) is 57.8 Å². The molecule has 0 bridgehead atoms. The molecule has 1 radical (unpaired) electrons. The minimum atomic E-state index is -0.345. The van der Waals surface area contributed by atoms with Crippen molar-refractivity contribution in [3.63, 3.8) is 0 Å². The number of rotatable bonds is 11. The summed E-state index contributed by atoms with van der Waals surface area (Å²) in [5, 5.41) is 0. The average Bonchev–Trinajstić information content (AvgIpc) is 2.74. The molecular weight excluding hydrogens is 364 g/mol. The second kappa shape index (κ2) is 13.0. The van der Waals surface area contributed by atoms with Crippen LogP contribution < -0.4 is 4.74 Å². The third kappa shape index (κ3) is 8.68. The van der Waals surface area contributed by atoms with E-state index < -0.39 is 0 Å². The maximum atomic E-state index is 12.4. The predicted octanol–water partition coefficient (Wildman–Crippen LogP) is 5.93. The number of hydrogen-bond donors (Lipinski definition) is 0. The minimum Gasteiger partial charge on any atom is -0.463 e. The molecule has 1 saturated carbocycles. The fourth-order valence-corrected chi connectivity index (χ4v) is 3.56. The first kappa shape index (κ1) is 22.9. The zero-order valence-electron chi connectivity index (χ0n) is 17.3. The highest BCUT2D eigenvalue weighted by Gasteiger charge is 2.27. The second-order valence-electron chi connectivity index (χ2n) is 7.65. The minimum absolute atomic E-state index is 0.0148. The normalized spacial score (nSPS) is 19.1. The van der Waals surface area contributed by atoms with Gasteiger partial charge in [0, 0.05) is 6.08 Å². The van der Waals surface area contributed by atoms with Crippen LogP contribution in [0.15, 0.2) is 43.0 Å². The summed E-state index contributed by atoms with van der Waals surface area (Å²) in [6.07, 6.45) is 13.9. The zero-order chi connectivity index (χ0) is 20.9. The molecule has 1 aliphatic rings. The number of allylic oxidation sites excluding steroid dienone is 1. The lowest BCUT2D eigenvalue weighted by molar-refractivity contribution is -0.140. The topological polar surface area (TPSA) is 52.6 Å². The second-order valence-corrected chi connectivity index (χ2v) is 7.65. The van der Waals surface area contributed by atoms with E-state index in [1.807, 2.05) is 18.2 Å². The summed E-state index contributed by atoms with van der Waals surface area (Å²) in [6, 6.07) is 7.15. The molecule has 0 aliphatic heterocycles. The van der Waals surface area contributed by atoms with Crippen LogP contribution in [0.5, 0.6) is 5.75 Å². The Bertz CT molecular complexity index is 667. The monoisotopic (exact) mass is 397 g/mol. The van der Waals surface area contributed by atoms with Crippen molar-refractivity contribution in [2.24, 2.45) is 11.8 Å². The van der Waals surface area contributed by atoms with E-state index in [0.717, 1.165) is 63.4 Å². The molecule has 0 unspecified atom stereocenters. The summed E-state index contributed by atoms with van der Waals surface area (Å²) >= 11 is 0. The van der Waals surface area contributed by atoms with Gasteiger partial charge in [-0.05, 0) is 68.2 Å². The maximum Gasteiger partial charge on any atom is 0.330 e. The smallest absolute Gasteiger partial charge is 0.330 e. The van der Waals surface area contributed by atoms with Gasteiger partial charge in [0.25, 0.3) is 0 Å². The summed E-state index contributed by atoms with van der Waals surface area (Å²) < 4.78 is 10.7. The van der Waals surface area contributed by atoms with Crippen LogP contribution >= 0.6 is 0 Å². The molecule has 0 spiro atoms. The molecule has 157 valence electrons. The summed E-state index contributed by atoms with van der Waals surface area (Å²) in [4.78, 5) is 24.1. The Morgan fingerprint density at radius 2 is 1.76 bits per heavy atom. The first-order valence-corrected chi connectivity index (χ1v) is 10.7. The van der Waals surface area contributed by atoms with Crippen molar-refractivity contribution in [1.29, 1.82) is 0 Å². The molecule has 4 heteroatoms. The fraction of sp³-hybridized carbons (Fsp3) is 0.480. The number of carbonyl (C=O) groups excluding carboxylic acids is 2. The van der Waals surface area contributed by atoms with Crippen molar-refractivity contribution in [3.05, 3.63) is 55.5 Å². The Hall–Kier alpha value is -2.36. The number of ether oxygens (including phenoxy) is 2. The van der Waals surface area contributed by atoms with Crippen LogP contribution in [-0.2, 0) is 14.3 Å². The van der Waals surface area contributed by atoms with Gasteiger partial charge in [0.1, 0.15) is 5.75 Å². The first-order valence-electron chi connectivity index (χ1n) is 10.7. The third-order valence-electron chi connectivity index (χ3n) is 5.33. The highest BCUT2D eigenvalue weighted by molar-refractivity contribution is 5.87. The quantitative estimate of drug-likeness (QED) is 0.153. The van der Waals surface area contributed by atoms with Crippen LogP contribution in [0.4, 0.5) is 0 Å². The lowest BCUT2D eigenvalue weighted by Crippen LogP contribution is -2.25. The van der Waals surface area contributed by atoms with Crippen molar-refractivity contribution in [2.75, 3.05) is 6.61 Å². The Balaban J connectivity index is 1.73. The molecule has 29 heavy (non-hydrogen) atoms. The number of esters is 2. The molecule has 0 aromatic heterocycles. The molecule has 1 aliphatic carbocycles. The van der Waals surface area contributed by atoms with E-state index in [1.54, 1.807) is 18.2 Å². The van der Waals surface area contributed by atoms with Gasteiger partial charge in [-0.15, -0.1) is 6.58 Å². The fourth-order valence-electron chi connectivity index (χ4n) is 3.56. The van der Waals surface area contributed by atoms with E-state index in [-0.39, 0.29) is 17.9 Å². The van der Waals surface area contributed by atoms with Gasteiger partial charge in [0.05, 0.1) is 12.5 Å². The van der Waals surface area contributed by atoms with Crippen molar-refractivity contribution in [3.8, 4) is 5.75 Å². The van der Waals surface area contributed by atoms with Gasteiger partial charge in [-0.3, -0.25) is 4.79 Å². The molecule has 2 rings (SSSR count). The molecule has 1 aromatic carbocycles. The molecule has 0 atom stereocenters. The van der Waals surface area contributed by atoms with Gasteiger partial charge in [0.15, 0.2) is 0 Å². The van der Waals surface area contributed by atoms with Crippen LogP contribution in [0.1, 0.15) is 63.4 Å². The van der Waals surface area contributed by atoms with Crippen LogP contribution in [0.25, 0.3) is 6.08 Å².